The Labute approximate surface area is 251 Å². The van der Waals surface area contributed by atoms with Gasteiger partial charge < -0.3 is 35.7 Å². The lowest BCUT2D eigenvalue weighted by Gasteiger charge is -2.38. The molecule has 1 aromatic heterocycles. The highest BCUT2D eigenvalue weighted by molar-refractivity contribution is 6.34. The van der Waals surface area contributed by atoms with Crippen LogP contribution in [0.15, 0.2) is 36.5 Å². The quantitative estimate of drug-likeness (QED) is 0.261. The van der Waals surface area contributed by atoms with Gasteiger partial charge in [-0.15, -0.1) is 0 Å². The molecule has 5 rings (SSSR count). The zero-order valence-electron chi connectivity index (χ0n) is 23.4. The van der Waals surface area contributed by atoms with Crippen LogP contribution in [-0.4, -0.2) is 70.8 Å². The van der Waals surface area contributed by atoms with Crippen molar-refractivity contribution in [1.29, 1.82) is 0 Å². The standard InChI is InChI=1S/C29H31ClF2N6O5/c1-38-21(18-5-6-23(43-2)25(32)24(18)31)12-34-26(38)29(42)35-14-3-4-17(20(30)11-14)27(40)36-15-9-16(10-15)37-28(41)19-7-8-33-13-22(19)39/h3-6,11-12,15-16,19,22,33,39H,7-10,13H2,1-2H3,(H,35,42)(H,36,40)(H,37,41)/t15?,16?,19-,22+/m1/s1. The SMILES string of the molecule is COc1ccc(-c2cnc(C(=O)Nc3ccc(C(=O)NC4CC(NC(=O)[C@@H]5CCNC[C@@H]5O)C4)c(Cl)c3)n2C)c(F)c1F. The molecule has 3 aromatic rings. The van der Waals surface area contributed by atoms with Crippen LogP contribution >= 0.6 is 11.6 Å². The average Bonchev–Trinajstić information content (AvgIpc) is 3.34. The molecule has 5 N–H and O–H groups in total. The minimum Gasteiger partial charge on any atom is -0.494 e. The van der Waals surface area contributed by atoms with Gasteiger partial charge in [-0.3, -0.25) is 14.4 Å². The molecule has 2 atom stereocenters. The van der Waals surface area contributed by atoms with E-state index in [2.05, 4.69) is 26.3 Å². The van der Waals surface area contributed by atoms with Gasteiger partial charge in [0, 0.05) is 36.9 Å². The molecule has 2 aliphatic rings. The monoisotopic (exact) mass is 616 g/mol. The first kappa shape index (κ1) is 30.4. The summed E-state index contributed by atoms with van der Waals surface area (Å²) in [7, 11) is 2.72. The first-order chi connectivity index (χ1) is 20.6. The molecule has 1 saturated heterocycles. The van der Waals surface area contributed by atoms with Gasteiger partial charge in [-0.05, 0) is 56.1 Å². The molecule has 2 fully saturated rings. The Hall–Kier alpha value is -4.07. The largest absolute Gasteiger partial charge is 0.494 e. The van der Waals surface area contributed by atoms with Crippen LogP contribution in [0.1, 0.15) is 40.2 Å². The lowest BCUT2D eigenvalue weighted by Crippen LogP contribution is -2.56. The van der Waals surface area contributed by atoms with Crippen LogP contribution in [0.4, 0.5) is 14.5 Å². The van der Waals surface area contributed by atoms with Crippen molar-refractivity contribution in [2.75, 3.05) is 25.5 Å². The number of anilines is 1. The van der Waals surface area contributed by atoms with E-state index in [1.165, 1.54) is 55.3 Å². The number of hydrogen-bond acceptors (Lipinski definition) is 7. The number of carbonyl (C=O) groups excluding carboxylic acids is 3. The van der Waals surface area contributed by atoms with Crippen molar-refractivity contribution in [2.24, 2.45) is 13.0 Å². The summed E-state index contributed by atoms with van der Waals surface area (Å²) in [5.74, 6) is -4.22. The second kappa shape index (κ2) is 12.7. The fourth-order valence-electron chi connectivity index (χ4n) is 5.29. The molecule has 3 amide bonds. The van der Waals surface area contributed by atoms with Gasteiger partial charge in [0.25, 0.3) is 11.8 Å². The van der Waals surface area contributed by atoms with Crippen molar-refractivity contribution in [3.63, 3.8) is 0 Å². The lowest BCUT2D eigenvalue weighted by molar-refractivity contribution is -0.131. The minimum absolute atomic E-state index is 0.0649. The molecule has 0 spiro atoms. The number of nitrogens with one attached hydrogen (secondary N) is 4. The number of imidazole rings is 1. The van der Waals surface area contributed by atoms with Crippen molar-refractivity contribution < 1.29 is 33.0 Å². The van der Waals surface area contributed by atoms with E-state index in [0.29, 0.717) is 38.0 Å². The van der Waals surface area contributed by atoms with E-state index in [-0.39, 0.29) is 51.4 Å². The van der Waals surface area contributed by atoms with Gasteiger partial charge >= 0.3 is 0 Å². The van der Waals surface area contributed by atoms with Crippen molar-refractivity contribution in [1.82, 2.24) is 25.5 Å². The van der Waals surface area contributed by atoms with Gasteiger partial charge in [0.2, 0.25) is 11.7 Å². The Kier molecular flexibility index (Phi) is 8.95. The second-order valence-corrected chi connectivity index (χ2v) is 11.0. The van der Waals surface area contributed by atoms with E-state index in [1.807, 2.05) is 0 Å². The molecule has 2 heterocycles. The first-order valence-electron chi connectivity index (χ1n) is 13.7. The molecular weight excluding hydrogens is 586 g/mol. The molecule has 228 valence electrons. The van der Waals surface area contributed by atoms with E-state index < -0.39 is 35.5 Å². The number of nitrogens with zero attached hydrogens (tertiary/aromatic N) is 2. The highest BCUT2D eigenvalue weighted by atomic mass is 35.5. The van der Waals surface area contributed by atoms with Crippen LogP contribution < -0.4 is 26.0 Å². The van der Waals surface area contributed by atoms with Crippen LogP contribution in [0, 0.1) is 17.6 Å². The van der Waals surface area contributed by atoms with Crippen molar-refractivity contribution in [2.45, 2.75) is 37.5 Å². The number of hydrogen-bond donors (Lipinski definition) is 5. The summed E-state index contributed by atoms with van der Waals surface area (Å²) in [6.07, 6.45) is 2.23. The minimum atomic E-state index is -1.15. The van der Waals surface area contributed by atoms with Gasteiger partial charge in [-0.2, -0.15) is 4.39 Å². The van der Waals surface area contributed by atoms with E-state index in [9.17, 15) is 28.3 Å². The Balaban J connectivity index is 1.16. The van der Waals surface area contributed by atoms with Crippen molar-refractivity contribution in [3.05, 3.63) is 64.6 Å². The summed E-state index contributed by atoms with van der Waals surface area (Å²) in [6.45, 7) is 1.07. The molecule has 43 heavy (non-hydrogen) atoms. The lowest BCUT2D eigenvalue weighted by atomic mass is 9.85. The molecule has 1 saturated carbocycles. The molecule has 11 nitrogen and oxygen atoms in total. The Bertz CT molecular complexity index is 1560. The number of ether oxygens (including phenoxy) is 1. The summed E-state index contributed by atoms with van der Waals surface area (Å²) >= 11 is 6.36. The maximum absolute atomic E-state index is 14.6. The molecule has 2 aromatic carbocycles. The number of amides is 3. The summed E-state index contributed by atoms with van der Waals surface area (Å²) in [5.41, 5.74) is 0.591. The van der Waals surface area contributed by atoms with Gasteiger partial charge in [-0.1, -0.05) is 11.6 Å². The van der Waals surface area contributed by atoms with E-state index >= 15 is 0 Å². The first-order valence-corrected chi connectivity index (χ1v) is 14.1. The predicted molar refractivity (Wildman–Crippen MR) is 154 cm³/mol. The fourth-order valence-corrected chi connectivity index (χ4v) is 5.56. The fraction of sp³-hybridized carbons (Fsp3) is 0.379. The molecular formula is C29H31ClF2N6O5. The van der Waals surface area contributed by atoms with Crippen molar-refractivity contribution >= 4 is 35.0 Å². The van der Waals surface area contributed by atoms with E-state index in [0.717, 1.165) is 0 Å². The number of benzene rings is 2. The number of β-amino-alcohol motifs (C(OH)–C–C–N with tert-alkyl or cyclic N) is 1. The average molecular weight is 617 g/mol. The summed E-state index contributed by atoms with van der Waals surface area (Å²) in [6, 6.07) is 6.79. The maximum Gasteiger partial charge on any atom is 0.291 e. The van der Waals surface area contributed by atoms with Gasteiger partial charge in [0.1, 0.15) is 0 Å². The molecule has 0 radical (unpaired) electrons. The van der Waals surface area contributed by atoms with Crippen molar-refractivity contribution in [3.8, 4) is 17.0 Å². The zero-order chi connectivity index (χ0) is 30.8. The number of rotatable bonds is 8. The summed E-state index contributed by atoms with van der Waals surface area (Å²) in [5, 5.41) is 21.7. The van der Waals surface area contributed by atoms with Crippen LogP contribution in [0.25, 0.3) is 11.3 Å². The Morgan fingerprint density at radius 1 is 1.09 bits per heavy atom. The molecule has 0 unspecified atom stereocenters. The Morgan fingerprint density at radius 2 is 1.84 bits per heavy atom. The smallest absolute Gasteiger partial charge is 0.291 e. The van der Waals surface area contributed by atoms with Gasteiger partial charge in [-0.25, -0.2) is 9.37 Å². The van der Waals surface area contributed by atoms with Crippen LogP contribution in [0.3, 0.4) is 0 Å². The third-order valence-corrected chi connectivity index (χ3v) is 8.12. The number of carbonyl (C=O) groups is 3. The number of halogens is 3. The molecule has 0 bridgehead atoms. The Morgan fingerprint density at radius 3 is 2.53 bits per heavy atom. The van der Waals surface area contributed by atoms with Gasteiger partial charge in [0.15, 0.2) is 17.4 Å². The van der Waals surface area contributed by atoms with Crippen LogP contribution in [0.2, 0.25) is 5.02 Å². The third kappa shape index (κ3) is 6.33. The van der Waals surface area contributed by atoms with Gasteiger partial charge in [0.05, 0.1) is 41.6 Å². The topological polar surface area (TPSA) is 147 Å². The number of aliphatic hydroxyl groups excluding tert-OH is 1. The van der Waals surface area contributed by atoms with Crippen LogP contribution in [-0.2, 0) is 11.8 Å². The maximum atomic E-state index is 14.6. The van der Waals surface area contributed by atoms with E-state index in [1.54, 1.807) is 0 Å². The number of piperidine rings is 1. The molecule has 1 aliphatic carbocycles. The summed E-state index contributed by atoms with van der Waals surface area (Å²) < 4.78 is 34.9. The normalized spacial score (nSPS) is 21.4. The molecule has 14 heteroatoms. The third-order valence-electron chi connectivity index (χ3n) is 7.81. The number of aliphatic hydroxyl groups is 1. The predicted octanol–water partition coefficient (Wildman–Crippen LogP) is 2.63. The highest BCUT2D eigenvalue weighted by Gasteiger charge is 2.36. The number of aromatic nitrogens is 2. The molecule has 1 aliphatic heterocycles. The summed E-state index contributed by atoms with van der Waals surface area (Å²) in [4.78, 5) is 42.3. The zero-order valence-corrected chi connectivity index (χ0v) is 24.2. The van der Waals surface area contributed by atoms with E-state index in [4.69, 9.17) is 16.3 Å². The highest BCUT2D eigenvalue weighted by Crippen LogP contribution is 2.30. The second-order valence-electron chi connectivity index (χ2n) is 10.6. The van der Waals surface area contributed by atoms with Crippen LogP contribution in [0.5, 0.6) is 5.75 Å². The number of methoxy groups -OCH3 is 1.